The molecule has 0 aromatic heterocycles. The minimum absolute atomic E-state index is 0.107. The molecule has 0 spiro atoms. The van der Waals surface area contributed by atoms with Crippen molar-refractivity contribution < 1.29 is 4.79 Å². The molecule has 1 fully saturated rings. The van der Waals surface area contributed by atoms with Crippen molar-refractivity contribution >= 4 is 5.91 Å². The Morgan fingerprint density at radius 2 is 1.87 bits per heavy atom. The van der Waals surface area contributed by atoms with Crippen molar-refractivity contribution in [1.82, 2.24) is 4.90 Å². The quantitative estimate of drug-likeness (QED) is 0.487. The molecule has 1 heterocycles. The van der Waals surface area contributed by atoms with Crippen LogP contribution in [0.15, 0.2) is 11.6 Å². The van der Waals surface area contributed by atoms with Crippen LogP contribution in [0.25, 0.3) is 0 Å². The van der Waals surface area contributed by atoms with Crippen molar-refractivity contribution in [3.63, 3.8) is 0 Å². The van der Waals surface area contributed by atoms with Gasteiger partial charge in [0, 0.05) is 13.1 Å². The number of carbonyl (C=O) groups is 1. The third kappa shape index (κ3) is 3.39. The van der Waals surface area contributed by atoms with E-state index in [2.05, 4.69) is 0 Å². The zero-order valence-electron chi connectivity index (χ0n) is 9.71. The van der Waals surface area contributed by atoms with Gasteiger partial charge in [0.15, 0.2) is 0 Å². The highest BCUT2D eigenvalue weighted by atomic mass is 16.2. The largest absolute Gasteiger partial charge is 0.338 e. The van der Waals surface area contributed by atoms with Gasteiger partial charge in [0.25, 0.3) is 5.91 Å². The Hall–Kier alpha value is -1.30. The van der Waals surface area contributed by atoms with Crippen LogP contribution in [-0.4, -0.2) is 23.9 Å². The topological polar surface area (TPSA) is 44.1 Å². The van der Waals surface area contributed by atoms with Crippen LogP contribution in [0.3, 0.4) is 0 Å². The first-order valence-electron chi connectivity index (χ1n) is 5.36. The lowest BCUT2D eigenvalue weighted by molar-refractivity contribution is -0.125. The lowest BCUT2D eigenvalue weighted by atomic mass is 9.93. The van der Waals surface area contributed by atoms with Crippen LogP contribution < -0.4 is 0 Å². The van der Waals surface area contributed by atoms with Crippen LogP contribution in [0.4, 0.5) is 0 Å². The third-order valence-electron chi connectivity index (χ3n) is 2.32. The van der Waals surface area contributed by atoms with Gasteiger partial charge in [0.1, 0.15) is 11.6 Å². The van der Waals surface area contributed by atoms with Gasteiger partial charge in [-0.15, -0.1) is 0 Å². The van der Waals surface area contributed by atoms with E-state index in [0.717, 1.165) is 25.9 Å². The average molecular weight is 206 g/mol. The zero-order chi connectivity index (χ0) is 11.5. The molecule has 0 saturated carbocycles. The second-order valence-corrected chi connectivity index (χ2v) is 5.04. The number of likely N-dealkylation sites (tertiary alicyclic amines) is 1. The maximum Gasteiger partial charge on any atom is 0.264 e. The predicted molar refractivity (Wildman–Crippen MR) is 59.0 cm³/mol. The predicted octanol–water partition coefficient (Wildman–Crippen LogP) is 2.10. The lowest BCUT2D eigenvalue weighted by Gasteiger charge is -2.17. The summed E-state index contributed by atoms with van der Waals surface area (Å²) in [5.74, 6) is -0.107. The molecule has 3 heteroatoms. The van der Waals surface area contributed by atoms with E-state index in [0.29, 0.717) is 0 Å². The molecule has 0 unspecified atom stereocenters. The summed E-state index contributed by atoms with van der Waals surface area (Å²) in [5, 5.41) is 8.95. The van der Waals surface area contributed by atoms with Crippen LogP contribution in [0.5, 0.6) is 0 Å². The molecule has 3 nitrogen and oxygen atoms in total. The van der Waals surface area contributed by atoms with Crippen molar-refractivity contribution in [3.8, 4) is 6.07 Å². The summed E-state index contributed by atoms with van der Waals surface area (Å²) in [6, 6.07) is 2.01. The molecule has 1 rings (SSSR count). The van der Waals surface area contributed by atoms with Crippen LogP contribution in [-0.2, 0) is 4.79 Å². The fourth-order valence-electron chi connectivity index (χ4n) is 1.67. The van der Waals surface area contributed by atoms with Crippen LogP contribution in [0.2, 0.25) is 0 Å². The van der Waals surface area contributed by atoms with Gasteiger partial charge in [-0.2, -0.15) is 5.26 Å². The van der Waals surface area contributed by atoms with E-state index < -0.39 is 0 Å². The van der Waals surface area contributed by atoms with Gasteiger partial charge in [-0.1, -0.05) is 26.8 Å². The highest BCUT2D eigenvalue weighted by molar-refractivity contribution is 5.97. The minimum atomic E-state index is -0.125. The SMILES string of the molecule is CC(C)(C)/C=C(\C#N)C(=O)N1CCCC1. The summed E-state index contributed by atoms with van der Waals surface area (Å²) in [6.07, 6.45) is 3.87. The maximum atomic E-state index is 11.9. The first-order chi connectivity index (χ1) is 6.94. The molecular formula is C12H18N2O. The van der Waals surface area contributed by atoms with Crippen molar-refractivity contribution in [2.75, 3.05) is 13.1 Å². The number of allylic oxidation sites excluding steroid dienone is 1. The summed E-state index contributed by atoms with van der Waals surface area (Å²) in [5.41, 5.74) is 0.157. The van der Waals surface area contributed by atoms with E-state index in [1.54, 1.807) is 11.0 Å². The van der Waals surface area contributed by atoms with E-state index in [1.807, 2.05) is 26.8 Å². The van der Waals surface area contributed by atoms with Crippen LogP contribution >= 0.6 is 0 Å². The third-order valence-corrected chi connectivity index (χ3v) is 2.32. The molecule has 82 valence electrons. The zero-order valence-corrected chi connectivity index (χ0v) is 9.71. The lowest BCUT2D eigenvalue weighted by Crippen LogP contribution is -2.29. The van der Waals surface area contributed by atoms with Gasteiger partial charge in [-0.3, -0.25) is 4.79 Å². The van der Waals surface area contributed by atoms with Gasteiger partial charge in [-0.05, 0) is 18.3 Å². The number of amides is 1. The first kappa shape index (κ1) is 11.8. The van der Waals surface area contributed by atoms with E-state index in [-0.39, 0.29) is 16.9 Å². The van der Waals surface area contributed by atoms with E-state index in [1.165, 1.54) is 0 Å². The van der Waals surface area contributed by atoms with E-state index in [4.69, 9.17) is 5.26 Å². The first-order valence-corrected chi connectivity index (χ1v) is 5.36. The Kier molecular flexibility index (Phi) is 3.52. The highest BCUT2D eigenvalue weighted by Gasteiger charge is 2.22. The fourth-order valence-corrected chi connectivity index (χ4v) is 1.67. The second-order valence-electron chi connectivity index (χ2n) is 5.04. The molecule has 15 heavy (non-hydrogen) atoms. The van der Waals surface area contributed by atoms with Gasteiger partial charge in [-0.25, -0.2) is 0 Å². The summed E-state index contributed by atoms with van der Waals surface area (Å²) in [4.78, 5) is 13.7. The van der Waals surface area contributed by atoms with Gasteiger partial charge in [0.2, 0.25) is 0 Å². The van der Waals surface area contributed by atoms with Crippen LogP contribution in [0, 0.1) is 16.7 Å². The van der Waals surface area contributed by atoms with E-state index >= 15 is 0 Å². The number of hydrogen-bond acceptors (Lipinski definition) is 2. The maximum absolute atomic E-state index is 11.9. The Labute approximate surface area is 91.4 Å². The molecule has 1 aliphatic rings. The number of hydrogen-bond donors (Lipinski definition) is 0. The highest BCUT2D eigenvalue weighted by Crippen LogP contribution is 2.19. The minimum Gasteiger partial charge on any atom is -0.338 e. The molecular weight excluding hydrogens is 188 g/mol. The Balaban J connectivity index is 2.80. The van der Waals surface area contributed by atoms with Gasteiger partial charge < -0.3 is 4.90 Å². The summed E-state index contributed by atoms with van der Waals surface area (Å²) < 4.78 is 0. The average Bonchev–Trinajstić information content (AvgIpc) is 2.64. The van der Waals surface area contributed by atoms with Crippen molar-refractivity contribution in [2.45, 2.75) is 33.6 Å². The molecule has 0 N–H and O–H groups in total. The molecule has 0 aromatic carbocycles. The van der Waals surface area contributed by atoms with Crippen LogP contribution in [0.1, 0.15) is 33.6 Å². The molecule has 0 aliphatic carbocycles. The van der Waals surface area contributed by atoms with E-state index in [9.17, 15) is 4.79 Å². The summed E-state index contributed by atoms with van der Waals surface area (Å²) >= 11 is 0. The number of nitriles is 1. The summed E-state index contributed by atoms with van der Waals surface area (Å²) in [6.45, 7) is 7.55. The van der Waals surface area contributed by atoms with Crippen molar-refractivity contribution in [2.24, 2.45) is 5.41 Å². The smallest absolute Gasteiger partial charge is 0.264 e. The Bertz CT molecular complexity index is 311. The molecule has 1 saturated heterocycles. The standard InChI is InChI=1S/C12H18N2O/c1-12(2,3)8-10(9-13)11(15)14-6-4-5-7-14/h8H,4-7H2,1-3H3/b10-8+. The van der Waals surface area contributed by atoms with Gasteiger partial charge in [0.05, 0.1) is 0 Å². The molecule has 0 radical (unpaired) electrons. The normalized spacial score (nSPS) is 17.7. The fraction of sp³-hybridized carbons (Fsp3) is 0.667. The number of carbonyl (C=O) groups excluding carboxylic acids is 1. The Morgan fingerprint density at radius 3 is 2.27 bits per heavy atom. The molecule has 1 amide bonds. The number of nitrogens with zero attached hydrogens (tertiary/aromatic N) is 2. The van der Waals surface area contributed by atoms with Gasteiger partial charge >= 0.3 is 0 Å². The Morgan fingerprint density at radius 1 is 1.33 bits per heavy atom. The molecule has 1 aliphatic heterocycles. The van der Waals surface area contributed by atoms with Crippen molar-refractivity contribution in [3.05, 3.63) is 11.6 Å². The second kappa shape index (κ2) is 4.48. The van der Waals surface area contributed by atoms with Crippen molar-refractivity contribution in [1.29, 1.82) is 5.26 Å². The molecule has 0 bridgehead atoms. The monoisotopic (exact) mass is 206 g/mol. The molecule has 0 atom stereocenters. The molecule has 0 aromatic rings. The number of rotatable bonds is 1. The summed E-state index contributed by atoms with van der Waals surface area (Å²) in [7, 11) is 0.